The maximum atomic E-state index is 13.1. The van der Waals surface area contributed by atoms with E-state index >= 15 is 0 Å². The fraction of sp³-hybridized carbons (Fsp3) is 0.406. The van der Waals surface area contributed by atoms with Crippen LogP contribution in [0.1, 0.15) is 88.7 Å². The van der Waals surface area contributed by atoms with E-state index in [-0.39, 0.29) is 42.3 Å². The van der Waals surface area contributed by atoms with Crippen LogP contribution in [0, 0.1) is 5.92 Å². The first kappa shape index (κ1) is 30.6. The Morgan fingerprint density at radius 3 is 2.50 bits per heavy atom. The second kappa shape index (κ2) is 13.2. The van der Waals surface area contributed by atoms with Crippen molar-refractivity contribution < 1.29 is 14.4 Å². The number of benzene rings is 1. The van der Waals surface area contributed by atoms with Crippen molar-refractivity contribution in [3.63, 3.8) is 0 Å². The van der Waals surface area contributed by atoms with Crippen LogP contribution >= 0.6 is 39.1 Å². The van der Waals surface area contributed by atoms with E-state index in [1.807, 2.05) is 37.1 Å². The fourth-order valence-corrected chi connectivity index (χ4v) is 7.41. The smallest absolute Gasteiger partial charge is 0.280 e. The van der Waals surface area contributed by atoms with Crippen molar-refractivity contribution in [3.8, 4) is 0 Å². The van der Waals surface area contributed by atoms with Gasteiger partial charge in [0.1, 0.15) is 5.69 Å². The number of aryl methyl sites for hydroxylation is 2. The molecule has 3 amide bonds. The highest BCUT2D eigenvalue weighted by atomic mass is 79.9. The zero-order valence-electron chi connectivity index (χ0n) is 23.7. The molecule has 2 aliphatic heterocycles. The molecule has 4 heterocycles. The Bertz CT molecular complexity index is 1490. The molecule has 0 spiro atoms. The minimum Gasteiger partial charge on any atom is -0.343 e. The molecule has 1 aromatic carbocycles. The van der Waals surface area contributed by atoms with Crippen molar-refractivity contribution in [1.82, 2.24) is 19.8 Å². The summed E-state index contributed by atoms with van der Waals surface area (Å²) >= 11 is 16.8. The molecule has 2 aromatic heterocycles. The van der Waals surface area contributed by atoms with Gasteiger partial charge in [-0.15, -0.1) is 0 Å². The van der Waals surface area contributed by atoms with Gasteiger partial charge in [0.25, 0.3) is 11.8 Å². The second-order valence-corrected chi connectivity index (χ2v) is 12.4. The number of amides is 3. The van der Waals surface area contributed by atoms with E-state index in [9.17, 15) is 14.4 Å². The Labute approximate surface area is 264 Å². The largest absolute Gasteiger partial charge is 0.343 e. The number of rotatable bonds is 5. The lowest BCUT2D eigenvalue weighted by Crippen LogP contribution is -2.40. The summed E-state index contributed by atoms with van der Waals surface area (Å²) in [5, 5.41) is 1.31. The monoisotopic (exact) mass is 670 g/mol. The minimum absolute atomic E-state index is 0.0325. The van der Waals surface area contributed by atoms with E-state index in [1.54, 1.807) is 12.1 Å². The molecule has 1 fully saturated rings. The summed E-state index contributed by atoms with van der Waals surface area (Å²) in [6, 6.07) is 9.26. The van der Waals surface area contributed by atoms with Crippen LogP contribution in [0.2, 0.25) is 10.0 Å². The van der Waals surface area contributed by atoms with Gasteiger partial charge in [0.05, 0.1) is 11.3 Å². The van der Waals surface area contributed by atoms with Crippen LogP contribution in [0.25, 0.3) is 0 Å². The van der Waals surface area contributed by atoms with Gasteiger partial charge in [-0.3, -0.25) is 29.3 Å². The van der Waals surface area contributed by atoms with Crippen molar-refractivity contribution in [2.75, 3.05) is 19.6 Å². The molecule has 42 heavy (non-hydrogen) atoms. The quantitative estimate of drug-likeness (QED) is 0.270. The molecule has 220 valence electrons. The molecule has 3 aliphatic rings. The van der Waals surface area contributed by atoms with Gasteiger partial charge in [-0.05, 0) is 101 Å². The summed E-state index contributed by atoms with van der Waals surface area (Å²) in [7, 11) is 0. The maximum absolute atomic E-state index is 13.1. The van der Waals surface area contributed by atoms with Crippen LogP contribution in [-0.2, 0) is 17.6 Å². The van der Waals surface area contributed by atoms with Crippen molar-refractivity contribution in [2.45, 2.75) is 58.3 Å². The third kappa shape index (κ3) is 5.99. The number of hydrogen-bond acceptors (Lipinski definition) is 5. The third-order valence-electron chi connectivity index (χ3n) is 8.28. The summed E-state index contributed by atoms with van der Waals surface area (Å²) in [5.74, 6) is -0.381. The van der Waals surface area contributed by atoms with Crippen LogP contribution in [-0.4, -0.2) is 57.1 Å². The van der Waals surface area contributed by atoms with Crippen LogP contribution < -0.4 is 0 Å². The number of halogens is 3. The number of likely N-dealkylation sites (tertiary alicyclic amines) is 1. The van der Waals surface area contributed by atoms with Crippen LogP contribution in [0.15, 0.2) is 47.2 Å². The van der Waals surface area contributed by atoms with Crippen molar-refractivity contribution in [1.29, 1.82) is 0 Å². The van der Waals surface area contributed by atoms with Gasteiger partial charge in [0.15, 0.2) is 0 Å². The molecule has 0 radical (unpaired) electrons. The molecule has 1 saturated heterocycles. The lowest BCUT2D eigenvalue weighted by molar-refractivity contribution is -0.132. The number of carbonyl (C=O) groups is 3. The van der Waals surface area contributed by atoms with E-state index < -0.39 is 5.91 Å². The average Bonchev–Trinajstić information content (AvgIpc) is 3.13. The molecular formula is C32H33BrCl2N4O3. The molecule has 1 aliphatic carbocycles. The van der Waals surface area contributed by atoms with Gasteiger partial charge in [-0.25, -0.2) is 0 Å². The van der Waals surface area contributed by atoms with Crippen LogP contribution in [0.4, 0.5) is 0 Å². The number of carbonyl (C=O) groups excluding carboxylic acids is 3. The maximum Gasteiger partial charge on any atom is 0.280 e. The summed E-state index contributed by atoms with van der Waals surface area (Å²) in [6.45, 7) is 5.49. The van der Waals surface area contributed by atoms with Crippen molar-refractivity contribution in [3.05, 3.63) is 90.9 Å². The number of fused-ring (bicyclic) bond motifs is 3. The topological polar surface area (TPSA) is 83.5 Å². The molecule has 1 atom stereocenters. The Balaban J connectivity index is 0.00000173. The molecule has 7 nitrogen and oxygen atoms in total. The van der Waals surface area contributed by atoms with Crippen LogP contribution in [0.3, 0.4) is 0 Å². The van der Waals surface area contributed by atoms with Gasteiger partial charge in [0.2, 0.25) is 5.91 Å². The summed E-state index contributed by atoms with van der Waals surface area (Å²) < 4.78 is 0.956. The number of hydrogen-bond donors (Lipinski definition) is 0. The average molecular weight is 672 g/mol. The molecule has 3 aromatic rings. The Morgan fingerprint density at radius 2 is 1.76 bits per heavy atom. The SMILES string of the molecule is CC.O=C(CCCN1C(=O)c2cccnc2C1=O)N1CCC(C2c3ncc(Br)cc3CCc3cc(Cl)cc(Cl)c32)CC1. The molecule has 0 N–H and O–H groups in total. The van der Waals surface area contributed by atoms with Gasteiger partial charge in [-0.2, -0.15) is 0 Å². The molecule has 1 unspecified atom stereocenters. The predicted octanol–water partition coefficient (Wildman–Crippen LogP) is 7.12. The van der Waals surface area contributed by atoms with Crippen molar-refractivity contribution in [2.24, 2.45) is 5.92 Å². The normalized spacial score (nSPS) is 18.1. The first-order valence-corrected chi connectivity index (χ1v) is 16.1. The van der Waals surface area contributed by atoms with E-state index in [4.69, 9.17) is 28.2 Å². The van der Waals surface area contributed by atoms with E-state index in [1.165, 1.54) is 22.2 Å². The summed E-state index contributed by atoms with van der Waals surface area (Å²) in [5.41, 5.74) is 5.06. The third-order valence-corrected chi connectivity index (χ3v) is 9.25. The minimum atomic E-state index is -0.390. The lowest BCUT2D eigenvalue weighted by atomic mass is 9.76. The van der Waals surface area contributed by atoms with E-state index in [0.29, 0.717) is 35.1 Å². The number of pyridine rings is 2. The van der Waals surface area contributed by atoms with Gasteiger partial charge in [-0.1, -0.05) is 37.0 Å². The van der Waals surface area contributed by atoms with E-state index in [0.717, 1.165) is 41.4 Å². The highest BCUT2D eigenvalue weighted by Gasteiger charge is 2.38. The van der Waals surface area contributed by atoms with Crippen LogP contribution in [0.5, 0.6) is 0 Å². The Morgan fingerprint density at radius 1 is 1.02 bits per heavy atom. The molecular weight excluding hydrogens is 639 g/mol. The zero-order valence-corrected chi connectivity index (χ0v) is 26.8. The fourth-order valence-electron chi connectivity index (χ4n) is 6.38. The first-order chi connectivity index (χ1) is 20.3. The van der Waals surface area contributed by atoms with Gasteiger partial charge >= 0.3 is 0 Å². The standard InChI is InChI=1S/C30H27BrCl2N4O3.C2H6/c31-20-13-19-6-5-18-14-21(32)15-23(33)25(18)26(27(19)35-16-20)17-7-11-36(12-8-17)24(38)4-2-10-37-29(39)22-3-1-9-34-28(22)30(37)40;1-2/h1,3,9,13-17,26H,2,4-8,10-12H2;1-2H3. The highest BCUT2D eigenvalue weighted by molar-refractivity contribution is 9.10. The van der Waals surface area contributed by atoms with Gasteiger partial charge < -0.3 is 4.90 Å². The lowest BCUT2D eigenvalue weighted by Gasteiger charge is -2.37. The number of aromatic nitrogens is 2. The zero-order chi connectivity index (χ0) is 30.0. The summed E-state index contributed by atoms with van der Waals surface area (Å²) in [6.07, 6.45) is 7.42. The Kier molecular flexibility index (Phi) is 9.65. The summed E-state index contributed by atoms with van der Waals surface area (Å²) in [4.78, 5) is 50.2. The molecule has 10 heteroatoms. The molecule has 0 saturated carbocycles. The van der Waals surface area contributed by atoms with Crippen molar-refractivity contribution >= 4 is 56.9 Å². The number of nitrogens with zero attached hydrogens (tertiary/aromatic N) is 4. The first-order valence-electron chi connectivity index (χ1n) is 14.5. The van der Waals surface area contributed by atoms with E-state index in [2.05, 4.69) is 27.0 Å². The molecule has 6 rings (SSSR count). The highest BCUT2D eigenvalue weighted by Crippen LogP contribution is 2.46. The van der Waals surface area contributed by atoms with Gasteiger partial charge in [0, 0.05) is 58.9 Å². The molecule has 0 bridgehead atoms. The number of piperidine rings is 1. The number of imide groups is 1. The Hall–Kier alpha value is -2.81. The predicted molar refractivity (Wildman–Crippen MR) is 167 cm³/mol. The second-order valence-electron chi connectivity index (χ2n) is 10.6.